The number of benzene rings is 2. The average molecular weight is 412 g/mol. The van der Waals surface area contributed by atoms with Gasteiger partial charge < -0.3 is 13.9 Å². The van der Waals surface area contributed by atoms with Crippen LogP contribution in [0.2, 0.25) is 0 Å². The molecule has 2 N–H and O–H groups in total. The molecule has 1 atom stereocenters. The second-order valence-electron chi connectivity index (χ2n) is 6.01. The molecule has 4 rings (SSSR count). The Kier molecular flexibility index (Phi) is 5.34. The molecule has 0 saturated carbocycles. The van der Waals surface area contributed by atoms with E-state index in [1.165, 1.54) is 0 Å². The van der Waals surface area contributed by atoms with Gasteiger partial charge in [0.15, 0.2) is 11.5 Å². The molecule has 1 aliphatic rings. The van der Waals surface area contributed by atoms with Crippen LogP contribution in [-0.4, -0.2) is 34.1 Å². The molecule has 2 amide bonds. The standard InChI is InChI=1S/C19H16N4O5S/c1-11(16(24)20-21-17(25)12-5-3-2-4-6-12)29-19-23-22-18(28-19)13-7-8-14-15(9-13)27-10-26-14/h2-9,11H,10H2,1H3,(H,20,24)(H,21,25)/t11-/m0/s1. The first-order chi connectivity index (χ1) is 14.1. The Morgan fingerprint density at radius 3 is 2.66 bits per heavy atom. The number of hydrogen-bond acceptors (Lipinski definition) is 8. The molecule has 9 nitrogen and oxygen atoms in total. The summed E-state index contributed by atoms with van der Waals surface area (Å²) >= 11 is 1.08. The minimum absolute atomic E-state index is 0.178. The van der Waals surface area contributed by atoms with Gasteiger partial charge in [-0.15, -0.1) is 10.2 Å². The van der Waals surface area contributed by atoms with Gasteiger partial charge in [0.2, 0.25) is 12.7 Å². The predicted molar refractivity (Wildman–Crippen MR) is 103 cm³/mol. The van der Waals surface area contributed by atoms with E-state index in [4.69, 9.17) is 13.9 Å². The van der Waals surface area contributed by atoms with E-state index in [0.29, 0.717) is 28.5 Å². The van der Waals surface area contributed by atoms with Crippen LogP contribution < -0.4 is 20.3 Å². The van der Waals surface area contributed by atoms with E-state index in [2.05, 4.69) is 21.0 Å². The number of carbonyl (C=O) groups is 2. The Hall–Kier alpha value is -3.53. The second-order valence-corrected chi connectivity index (χ2v) is 7.30. The lowest BCUT2D eigenvalue weighted by molar-refractivity contribution is -0.121. The lowest BCUT2D eigenvalue weighted by Crippen LogP contribution is -2.44. The first-order valence-corrected chi connectivity index (χ1v) is 9.53. The molecule has 1 aromatic heterocycles. The smallest absolute Gasteiger partial charge is 0.277 e. The van der Waals surface area contributed by atoms with Crippen molar-refractivity contribution in [2.45, 2.75) is 17.4 Å². The van der Waals surface area contributed by atoms with Crippen molar-refractivity contribution in [3.63, 3.8) is 0 Å². The summed E-state index contributed by atoms with van der Waals surface area (Å²) in [4.78, 5) is 24.2. The number of ether oxygens (including phenoxy) is 2. The molecule has 0 fully saturated rings. The van der Waals surface area contributed by atoms with E-state index < -0.39 is 17.1 Å². The summed E-state index contributed by atoms with van der Waals surface area (Å²) in [5.41, 5.74) is 5.89. The van der Waals surface area contributed by atoms with Crippen LogP contribution in [-0.2, 0) is 4.79 Å². The summed E-state index contributed by atoms with van der Waals surface area (Å²) in [5, 5.41) is 7.62. The van der Waals surface area contributed by atoms with E-state index in [0.717, 1.165) is 11.8 Å². The van der Waals surface area contributed by atoms with Gasteiger partial charge in [0.25, 0.3) is 17.0 Å². The number of thioether (sulfide) groups is 1. The van der Waals surface area contributed by atoms with Gasteiger partial charge in [-0.25, -0.2) is 0 Å². The maximum absolute atomic E-state index is 12.2. The summed E-state index contributed by atoms with van der Waals surface area (Å²) in [7, 11) is 0. The Labute approximate surface area is 169 Å². The lowest BCUT2D eigenvalue weighted by atomic mass is 10.2. The number of hydrazine groups is 1. The zero-order valence-electron chi connectivity index (χ0n) is 15.2. The molecule has 2 heterocycles. The van der Waals surface area contributed by atoms with Gasteiger partial charge in [-0.3, -0.25) is 20.4 Å². The van der Waals surface area contributed by atoms with Crippen molar-refractivity contribution >= 4 is 23.6 Å². The summed E-state index contributed by atoms with van der Waals surface area (Å²) in [6.45, 7) is 1.84. The second kappa shape index (κ2) is 8.23. The molecule has 0 saturated heterocycles. The molecular formula is C19H16N4O5S. The van der Waals surface area contributed by atoms with Crippen LogP contribution in [0.25, 0.3) is 11.5 Å². The van der Waals surface area contributed by atoms with Crippen LogP contribution in [0.15, 0.2) is 58.2 Å². The molecular weight excluding hydrogens is 396 g/mol. The molecule has 0 unspecified atom stereocenters. The zero-order valence-corrected chi connectivity index (χ0v) is 16.1. The van der Waals surface area contributed by atoms with Gasteiger partial charge >= 0.3 is 0 Å². The van der Waals surface area contributed by atoms with Crippen LogP contribution in [0, 0.1) is 0 Å². The van der Waals surface area contributed by atoms with Crippen molar-refractivity contribution in [1.29, 1.82) is 0 Å². The van der Waals surface area contributed by atoms with Crippen LogP contribution in [0.3, 0.4) is 0 Å². The number of carbonyl (C=O) groups excluding carboxylic acids is 2. The third kappa shape index (κ3) is 4.32. The van der Waals surface area contributed by atoms with Crippen LogP contribution in [0.1, 0.15) is 17.3 Å². The number of nitrogens with one attached hydrogen (secondary N) is 2. The van der Waals surface area contributed by atoms with Crippen molar-refractivity contribution in [3.05, 3.63) is 54.1 Å². The summed E-state index contributed by atoms with van der Waals surface area (Å²) in [6, 6.07) is 13.9. The molecule has 148 valence electrons. The van der Waals surface area contributed by atoms with Crippen LogP contribution in [0.4, 0.5) is 0 Å². The summed E-state index contributed by atoms with van der Waals surface area (Å²) in [6.07, 6.45) is 0. The van der Waals surface area contributed by atoms with Gasteiger partial charge in [-0.1, -0.05) is 30.0 Å². The normalized spacial score (nSPS) is 13.0. The van der Waals surface area contributed by atoms with Crippen LogP contribution >= 0.6 is 11.8 Å². The quantitative estimate of drug-likeness (QED) is 0.485. The molecule has 0 spiro atoms. The van der Waals surface area contributed by atoms with Gasteiger partial charge in [-0.2, -0.15) is 0 Å². The van der Waals surface area contributed by atoms with Gasteiger partial charge in [0, 0.05) is 11.1 Å². The highest BCUT2D eigenvalue weighted by Crippen LogP contribution is 2.36. The lowest BCUT2D eigenvalue weighted by Gasteiger charge is -2.10. The molecule has 29 heavy (non-hydrogen) atoms. The molecule has 1 aliphatic heterocycles. The van der Waals surface area contributed by atoms with Gasteiger partial charge in [-0.05, 0) is 37.3 Å². The minimum Gasteiger partial charge on any atom is -0.454 e. The fourth-order valence-corrected chi connectivity index (χ4v) is 3.17. The number of hydrogen-bond donors (Lipinski definition) is 2. The van der Waals surface area contributed by atoms with E-state index in [-0.39, 0.29) is 12.0 Å². The zero-order chi connectivity index (χ0) is 20.2. The van der Waals surface area contributed by atoms with Crippen molar-refractivity contribution in [3.8, 4) is 23.0 Å². The summed E-state index contributed by atoms with van der Waals surface area (Å²) in [5.74, 6) is 0.763. The van der Waals surface area contributed by atoms with Crippen LogP contribution in [0.5, 0.6) is 11.5 Å². The number of rotatable bonds is 5. The molecule has 0 aliphatic carbocycles. The number of aromatic nitrogens is 2. The van der Waals surface area contributed by atoms with Crippen molar-refractivity contribution in [2.75, 3.05) is 6.79 Å². The molecule has 3 aromatic rings. The minimum atomic E-state index is -0.573. The van der Waals surface area contributed by atoms with E-state index in [9.17, 15) is 9.59 Å². The topological polar surface area (TPSA) is 116 Å². The van der Waals surface area contributed by atoms with Gasteiger partial charge in [0.05, 0.1) is 5.25 Å². The highest BCUT2D eigenvalue weighted by molar-refractivity contribution is 8.00. The number of nitrogens with zero attached hydrogens (tertiary/aromatic N) is 2. The fraction of sp³-hybridized carbons (Fsp3) is 0.158. The predicted octanol–water partition coefficient (Wildman–Crippen LogP) is 2.41. The molecule has 10 heteroatoms. The number of fused-ring (bicyclic) bond motifs is 1. The van der Waals surface area contributed by atoms with E-state index in [1.807, 2.05) is 0 Å². The van der Waals surface area contributed by atoms with E-state index >= 15 is 0 Å². The Morgan fingerprint density at radius 1 is 1.03 bits per heavy atom. The Morgan fingerprint density at radius 2 is 1.83 bits per heavy atom. The van der Waals surface area contributed by atoms with Gasteiger partial charge in [0.1, 0.15) is 0 Å². The third-order valence-corrected chi connectivity index (χ3v) is 4.94. The molecule has 0 bridgehead atoms. The van der Waals surface area contributed by atoms with Crippen molar-refractivity contribution in [1.82, 2.24) is 21.0 Å². The average Bonchev–Trinajstić information content (AvgIpc) is 3.41. The summed E-state index contributed by atoms with van der Waals surface area (Å²) < 4.78 is 16.2. The highest BCUT2D eigenvalue weighted by Gasteiger charge is 2.21. The first-order valence-electron chi connectivity index (χ1n) is 8.65. The largest absolute Gasteiger partial charge is 0.454 e. The highest BCUT2D eigenvalue weighted by atomic mass is 32.2. The Balaban J connectivity index is 1.33. The monoisotopic (exact) mass is 412 g/mol. The maximum Gasteiger partial charge on any atom is 0.277 e. The van der Waals surface area contributed by atoms with Crippen molar-refractivity contribution in [2.24, 2.45) is 0 Å². The molecule has 2 aromatic carbocycles. The van der Waals surface area contributed by atoms with Crippen molar-refractivity contribution < 1.29 is 23.5 Å². The first kappa shape index (κ1) is 18.8. The third-order valence-electron chi connectivity index (χ3n) is 4.01. The maximum atomic E-state index is 12.2. The molecule has 0 radical (unpaired) electrons. The fourth-order valence-electron chi connectivity index (χ4n) is 2.49. The van der Waals surface area contributed by atoms with E-state index in [1.54, 1.807) is 55.5 Å². The number of amides is 2. The SMILES string of the molecule is C[C@H](Sc1nnc(-c2ccc3c(c2)OCO3)o1)C(=O)NNC(=O)c1ccccc1. The Bertz CT molecular complexity index is 1040.